The van der Waals surface area contributed by atoms with Gasteiger partial charge in [-0.3, -0.25) is 4.79 Å². The highest BCUT2D eigenvalue weighted by molar-refractivity contribution is 7.09. The lowest BCUT2D eigenvalue weighted by molar-refractivity contribution is -0.129. The van der Waals surface area contributed by atoms with Crippen LogP contribution in [0.5, 0.6) is 11.5 Å². The van der Waals surface area contributed by atoms with Gasteiger partial charge in [0.25, 0.3) is 0 Å². The van der Waals surface area contributed by atoms with Crippen molar-refractivity contribution >= 4 is 17.2 Å². The first-order valence-corrected chi connectivity index (χ1v) is 10.1. The average molecular weight is 415 g/mol. The fraction of sp³-hybridized carbons (Fsp3) is 0.273. The minimum absolute atomic E-state index is 0.0193. The Hall–Kier alpha value is -2.93. The molecule has 1 aromatic heterocycles. The van der Waals surface area contributed by atoms with E-state index in [4.69, 9.17) is 9.47 Å². The van der Waals surface area contributed by atoms with Crippen LogP contribution in [0.3, 0.4) is 0 Å². The van der Waals surface area contributed by atoms with Crippen LogP contribution < -0.4 is 9.47 Å². The molecule has 0 atom stereocenters. The van der Waals surface area contributed by atoms with Crippen molar-refractivity contribution < 1.29 is 18.7 Å². The Bertz CT molecular complexity index is 943. The Labute approximate surface area is 173 Å². The van der Waals surface area contributed by atoms with Crippen molar-refractivity contribution in [3.63, 3.8) is 0 Å². The van der Waals surface area contributed by atoms with Crippen LogP contribution in [0.4, 0.5) is 4.39 Å². The Morgan fingerprint density at radius 3 is 2.69 bits per heavy atom. The molecule has 0 fully saturated rings. The summed E-state index contributed by atoms with van der Waals surface area (Å²) in [5.41, 5.74) is 1.85. The first-order chi connectivity index (χ1) is 14.0. The zero-order valence-corrected chi connectivity index (χ0v) is 17.2. The van der Waals surface area contributed by atoms with Crippen LogP contribution in [0.25, 0.3) is 0 Å². The van der Waals surface area contributed by atoms with E-state index in [0.29, 0.717) is 24.6 Å². The van der Waals surface area contributed by atoms with E-state index >= 15 is 0 Å². The minimum atomic E-state index is -0.305. The average Bonchev–Trinajstić information content (AvgIpc) is 3.15. The topological polar surface area (TPSA) is 51.7 Å². The smallest absolute Gasteiger partial charge is 0.228 e. The van der Waals surface area contributed by atoms with Crippen LogP contribution in [-0.4, -0.2) is 36.0 Å². The molecule has 0 aliphatic rings. The van der Waals surface area contributed by atoms with Gasteiger partial charge >= 0.3 is 0 Å². The zero-order valence-electron chi connectivity index (χ0n) is 16.4. The van der Waals surface area contributed by atoms with E-state index in [9.17, 15) is 9.18 Å². The van der Waals surface area contributed by atoms with Crippen LogP contribution in [0.2, 0.25) is 0 Å². The predicted molar refractivity (Wildman–Crippen MR) is 111 cm³/mol. The number of rotatable bonds is 9. The number of ether oxygens (including phenoxy) is 2. The third-order valence-corrected chi connectivity index (χ3v) is 5.09. The van der Waals surface area contributed by atoms with Crippen molar-refractivity contribution in [1.82, 2.24) is 9.88 Å². The van der Waals surface area contributed by atoms with E-state index in [1.807, 2.05) is 36.6 Å². The van der Waals surface area contributed by atoms with Gasteiger partial charge in [-0.05, 0) is 48.9 Å². The van der Waals surface area contributed by atoms with Crippen LogP contribution >= 0.6 is 11.3 Å². The summed E-state index contributed by atoms with van der Waals surface area (Å²) in [7, 11) is 1.76. The van der Waals surface area contributed by atoms with Crippen LogP contribution in [-0.2, 0) is 17.8 Å². The molecule has 0 aliphatic heterocycles. The maximum atomic E-state index is 12.9. The van der Waals surface area contributed by atoms with Gasteiger partial charge in [0.15, 0.2) is 0 Å². The van der Waals surface area contributed by atoms with Crippen molar-refractivity contribution in [2.24, 2.45) is 0 Å². The van der Waals surface area contributed by atoms with Crippen LogP contribution in [0.15, 0.2) is 53.9 Å². The summed E-state index contributed by atoms with van der Waals surface area (Å²) in [5, 5.41) is 2.63. The van der Waals surface area contributed by atoms with Gasteiger partial charge in [0, 0.05) is 12.4 Å². The molecule has 0 saturated carbocycles. The summed E-state index contributed by atoms with van der Waals surface area (Å²) in [5.74, 6) is 1.05. The van der Waals surface area contributed by atoms with Gasteiger partial charge in [0.1, 0.15) is 35.5 Å². The molecule has 0 radical (unpaired) electrons. The summed E-state index contributed by atoms with van der Waals surface area (Å²) in [4.78, 5) is 18.5. The van der Waals surface area contributed by atoms with Gasteiger partial charge in [-0.2, -0.15) is 0 Å². The van der Waals surface area contributed by atoms with Crippen molar-refractivity contribution in [2.45, 2.75) is 20.0 Å². The molecule has 1 heterocycles. The molecule has 0 bridgehead atoms. The molecule has 3 aromatic rings. The SMILES string of the molecule is Cc1cccc(OCCN(C)C(=O)Cc2csc(COc3ccc(F)cc3)n2)c1. The zero-order chi connectivity index (χ0) is 20.6. The van der Waals surface area contributed by atoms with E-state index in [0.717, 1.165) is 16.3 Å². The van der Waals surface area contributed by atoms with Gasteiger partial charge in [0.2, 0.25) is 5.91 Å². The molecule has 0 spiro atoms. The number of amides is 1. The first kappa shape index (κ1) is 20.8. The van der Waals surface area contributed by atoms with E-state index in [1.165, 1.54) is 23.5 Å². The maximum absolute atomic E-state index is 12.9. The third-order valence-electron chi connectivity index (χ3n) is 4.22. The number of carbonyl (C=O) groups excluding carboxylic acids is 1. The minimum Gasteiger partial charge on any atom is -0.492 e. The fourth-order valence-corrected chi connectivity index (χ4v) is 3.30. The maximum Gasteiger partial charge on any atom is 0.228 e. The van der Waals surface area contributed by atoms with Crippen molar-refractivity contribution in [3.8, 4) is 11.5 Å². The van der Waals surface area contributed by atoms with Gasteiger partial charge in [0.05, 0.1) is 18.7 Å². The second-order valence-electron chi connectivity index (χ2n) is 6.63. The number of hydrogen-bond acceptors (Lipinski definition) is 5. The lowest BCUT2D eigenvalue weighted by atomic mass is 10.2. The number of benzene rings is 2. The molecule has 29 heavy (non-hydrogen) atoms. The third kappa shape index (κ3) is 6.57. The number of thiazole rings is 1. The Morgan fingerprint density at radius 1 is 1.14 bits per heavy atom. The fourth-order valence-electron chi connectivity index (χ4n) is 2.59. The number of likely N-dealkylation sites (N-methyl/N-ethyl adjacent to an activating group) is 1. The number of aryl methyl sites for hydroxylation is 1. The van der Waals surface area contributed by atoms with E-state index in [2.05, 4.69) is 4.98 Å². The van der Waals surface area contributed by atoms with E-state index in [1.54, 1.807) is 24.1 Å². The monoisotopic (exact) mass is 414 g/mol. The molecule has 2 aromatic carbocycles. The van der Waals surface area contributed by atoms with Crippen molar-refractivity contribution in [2.75, 3.05) is 20.2 Å². The summed E-state index contributed by atoms with van der Waals surface area (Å²) < 4.78 is 24.2. The Kier molecular flexibility index (Phi) is 7.19. The summed E-state index contributed by atoms with van der Waals surface area (Å²) >= 11 is 1.44. The molecule has 7 heteroatoms. The highest BCUT2D eigenvalue weighted by Crippen LogP contribution is 2.17. The molecule has 0 unspecified atom stereocenters. The van der Waals surface area contributed by atoms with Crippen LogP contribution in [0, 0.1) is 12.7 Å². The number of carbonyl (C=O) groups is 1. The normalized spacial score (nSPS) is 10.6. The first-order valence-electron chi connectivity index (χ1n) is 9.24. The van der Waals surface area contributed by atoms with Crippen molar-refractivity contribution in [1.29, 1.82) is 0 Å². The number of nitrogens with zero attached hydrogens (tertiary/aromatic N) is 2. The number of hydrogen-bond donors (Lipinski definition) is 0. The van der Waals surface area contributed by atoms with E-state index < -0.39 is 0 Å². The summed E-state index contributed by atoms with van der Waals surface area (Å²) in [6.07, 6.45) is 0.230. The predicted octanol–water partition coefficient (Wildman–Crippen LogP) is 4.25. The highest BCUT2D eigenvalue weighted by atomic mass is 32.1. The Balaban J connectivity index is 1.42. The quantitative estimate of drug-likeness (QED) is 0.525. The molecule has 152 valence electrons. The molecule has 0 saturated heterocycles. The standard InChI is InChI=1S/C22H23FN2O3S/c1-16-4-3-5-20(12-16)27-11-10-25(2)22(26)13-18-15-29-21(24-18)14-28-19-8-6-17(23)7-9-19/h3-9,12,15H,10-11,13-14H2,1-2H3. The van der Waals surface area contributed by atoms with Crippen molar-refractivity contribution in [3.05, 3.63) is 76.0 Å². The van der Waals surface area contributed by atoms with E-state index in [-0.39, 0.29) is 24.8 Å². The van der Waals surface area contributed by atoms with Gasteiger partial charge in [-0.1, -0.05) is 12.1 Å². The highest BCUT2D eigenvalue weighted by Gasteiger charge is 2.13. The largest absolute Gasteiger partial charge is 0.492 e. The molecule has 0 aliphatic carbocycles. The second kappa shape index (κ2) is 10.0. The van der Waals surface area contributed by atoms with Gasteiger partial charge in [-0.25, -0.2) is 9.37 Å². The molecule has 0 N–H and O–H groups in total. The molecule has 3 rings (SSSR count). The molecule has 5 nitrogen and oxygen atoms in total. The second-order valence-corrected chi connectivity index (χ2v) is 7.57. The summed E-state index contributed by atoms with van der Waals surface area (Å²) in [6, 6.07) is 13.7. The lowest BCUT2D eigenvalue weighted by Gasteiger charge is -2.17. The van der Waals surface area contributed by atoms with Crippen LogP contribution in [0.1, 0.15) is 16.3 Å². The van der Waals surface area contributed by atoms with Gasteiger partial charge in [-0.15, -0.1) is 11.3 Å². The molecular weight excluding hydrogens is 391 g/mol. The molecular formula is C22H23FN2O3S. The lowest BCUT2D eigenvalue weighted by Crippen LogP contribution is -2.32. The number of halogens is 1. The van der Waals surface area contributed by atoms with Gasteiger partial charge < -0.3 is 14.4 Å². The molecule has 1 amide bonds. The summed E-state index contributed by atoms with van der Waals surface area (Å²) in [6.45, 7) is 3.22. The number of aromatic nitrogens is 1. The Morgan fingerprint density at radius 2 is 1.93 bits per heavy atom.